The molecule has 0 bridgehead atoms. The van der Waals surface area contributed by atoms with E-state index >= 15 is 0 Å². The maximum Gasteiger partial charge on any atom is 0.228 e. The van der Waals surface area contributed by atoms with Gasteiger partial charge in [0.25, 0.3) is 0 Å². The number of fused-ring (bicyclic) bond motifs is 1. The van der Waals surface area contributed by atoms with Crippen LogP contribution in [0.2, 0.25) is 0 Å². The van der Waals surface area contributed by atoms with Gasteiger partial charge in [-0.3, -0.25) is 4.90 Å². The number of methoxy groups -OCH3 is 2. The van der Waals surface area contributed by atoms with Crippen molar-refractivity contribution in [2.75, 3.05) is 32.7 Å². The minimum Gasteiger partial charge on any atom is -0.497 e. The van der Waals surface area contributed by atoms with Crippen molar-refractivity contribution in [3.05, 3.63) is 101 Å². The number of aryl methyl sites for hydroxylation is 1. The van der Waals surface area contributed by atoms with E-state index in [2.05, 4.69) is 53.1 Å². The Balaban J connectivity index is 1.43. The Bertz CT molecular complexity index is 1350. The van der Waals surface area contributed by atoms with Crippen molar-refractivity contribution in [1.29, 1.82) is 0 Å². The zero-order valence-corrected chi connectivity index (χ0v) is 22.5. The number of anilines is 1. The Hall–Kier alpha value is -4.10. The minimum atomic E-state index is 0.613. The number of ether oxygens (including phenoxy) is 3. The van der Waals surface area contributed by atoms with E-state index in [1.165, 1.54) is 11.1 Å². The number of rotatable bonds is 9. The molecule has 38 heavy (non-hydrogen) atoms. The lowest BCUT2D eigenvalue weighted by atomic mass is 10.1. The number of benzene rings is 3. The highest BCUT2D eigenvalue weighted by atomic mass is 16.5. The van der Waals surface area contributed by atoms with Gasteiger partial charge in [-0.1, -0.05) is 48.0 Å². The van der Waals surface area contributed by atoms with Crippen LogP contribution in [0.5, 0.6) is 23.1 Å². The largest absolute Gasteiger partial charge is 0.497 e. The van der Waals surface area contributed by atoms with E-state index in [1.807, 2.05) is 43.4 Å². The van der Waals surface area contributed by atoms with E-state index in [9.17, 15) is 0 Å². The molecule has 0 amide bonds. The lowest BCUT2D eigenvalue weighted by Crippen LogP contribution is -2.32. The van der Waals surface area contributed by atoms with Gasteiger partial charge in [0.2, 0.25) is 11.8 Å². The topological polar surface area (TPSA) is 60.0 Å². The van der Waals surface area contributed by atoms with Crippen molar-refractivity contribution in [1.82, 2.24) is 14.9 Å². The van der Waals surface area contributed by atoms with Crippen molar-refractivity contribution >= 4 is 5.95 Å². The highest BCUT2D eigenvalue weighted by Crippen LogP contribution is 2.33. The van der Waals surface area contributed by atoms with Crippen LogP contribution in [-0.4, -0.2) is 42.7 Å². The maximum absolute atomic E-state index is 6.40. The van der Waals surface area contributed by atoms with Crippen LogP contribution in [0, 0.1) is 6.92 Å². The summed E-state index contributed by atoms with van der Waals surface area (Å²) in [5.74, 6) is 3.62. The SMILES string of the molecule is COc1cc(CN2CCc3nc(N(C)Cc4ccccc4)nc(Oc4ccc(C)cc4)c3C2)cc(OC)c1. The Kier molecular flexibility index (Phi) is 7.75. The third-order valence-corrected chi connectivity index (χ3v) is 6.75. The summed E-state index contributed by atoms with van der Waals surface area (Å²) in [4.78, 5) is 14.4. The van der Waals surface area contributed by atoms with Gasteiger partial charge in [-0.25, -0.2) is 4.98 Å². The summed E-state index contributed by atoms with van der Waals surface area (Å²) >= 11 is 0. The first-order valence-electron chi connectivity index (χ1n) is 12.8. The van der Waals surface area contributed by atoms with Gasteiger partial charge in [0.05, 0.1) is 25.5 Å². The van der Waals surface area contributed by atoms with Gasteiger partial charge in [-0.05, 0) is 42.3 Å². The highest BCUT2D eigenvalue weighted by Gasteiger charge is 2.25. The van der Waals surface area contributed by atoms with Gasteiger partial charge < -0.3 is 19.1 Å². The van der Waals surface area contributed by atoms with Crippen LogP contribution in [0.4, 0.5) is 5.95 Å². The molecule has 0 radical (unpaired) electrons. The van der Waals surface area contributed by atoms with Gasteiger partial charge in [0, 0.05) is 45.7 Å². The molecule has 0 atom stereocenters. The Morgan fingerprint density at radius 2 is 1.55 bits per heavy atom. The highest BCUT2D eigenvalue weighted by molar-refractivity contribution is 5.44. The second-order valence-electron chi connectivity index (χ2n) is 9.69. The summed E-state index contributed by atoms with van der Waals surface area (Å²) in [5, 5.41) is 0. The van der Waals surface area contributed by atoms with Crippen molar-refractivity contribution in [3.63, 3.8) is 0 Å². The molecule has 4 aromatic rings. The molecular formula is C31H34N4O3. The maximum atomic E-state index is 6.40. The van der Waals surface area contributed by atoms with Crippen molar-refractivity contribution in [2.45, 2.75) is 33.0 Å². The summed E-state index contributed by atoms with van der Waals surface area (Å²) in [7, 11) is 5.37. The fourth-order valence-corrected chi connectivity index (χ4v) is 4.68. The molecule has 2 heterocycles. The quantitative estimate of drug-likeness (QED) is 0.282. The number of hydrogen-bond donors (Lipinski definition) is 0. The first kappa shape index (κ1) is 25.5. The first-order valence-corrected chi connectivity index (χ1v) is 12.8. The molecule has 7 nitrogen and oxygen atoms in total. The monoisotopic (exact) mass is 510 g/mol. The van der Waals surface area contributed by atoms with E-state index in [0.717, 1.165) is 53.6 Å². The predicted octanol–water partition coefficient (Wildman–Crippen LogP) is 5.79. The molecule has 0 spiro atoms. The van der Waals surface area contributed by atoms with Gasteiger partial charge >= 0.3 is 0 Å². The lowest BCUT2D eigenvalue weighted by molar-refractivity contribution is 0.237. The Labute approximate surface area is 224 Å². The molecule has 0 N–H and O–H groups in total. The standard InChI is InChI=1S/C31H34N4O3/c1-22-10-12-25(13-11-22)38-30-28-21-35(20-24-16-26(36-3)18-27(17-24)37-4)15-14-29(28)32-31(33-30)34(2)19-23-8-6-5-7-9-23/h5-13,16-18H,14-15,19-21H2,1-4H3. The lowest BCUT2D eigenvalue weighted by Gasteiger charge is -2.30. The molecule has 0 aliphatic carbocycles. The zero-order chi connectivity index (χ0) is 26.5. The van der Waals surface area contributed by atoms with E-state index < -0.39 is 0 Å². The molecule has 5 rings (SSSR count). The fourth-order valence-electron chi connectivity index (χ4n) is 4.68. The van der Waals surface area contributed by atoms with E-state index in [-0.39, 0.29) is 0 Å². The average molecular weight is 511 g/mol. The Morgan fingerprint density at radius 1 is 0.842 bits per heavy atom. The molecule has 0 saturated carbocycles. The third kappa shape index (κ3) is 6.06. The summed E-state index contributed by atoms with van der Waals surface area (Å²) < 4.78 is 17.3. The van der Waals surface area contributed by atoms with Crippen LogP contribution >= 0.6 is 0 Å². The number of hydrogen-bond acceptors (Lipinski definition) is 7. The molecule has 3 aromatic carbocycles. The van der Waals surface area contributed by atoms with Gasteiger partial charge in [-0.2, -0.15) is 4.98 Å². The predicted molar refractivity (Wildman–Crippen MR) is 149 cm³/mol. The summed E-state index contributed by atoms with van der Waals surface area (Å²) in [6.07, 6.45) is 0.815. The molecule has 1 aromatic heterocycles. The van der Waals surface area contributed by atoms with Crippen molar-refractivity contribution < 1.29 is 14.2 Å². The van der Waals surface area contributed by atoms with Crippen LogP contribution < -0.4 is 19.1 Å². The zero-order valence-electron chi connectivity index (χ0n) is 22.5. The molecule has 0 fully saturated rings. The van der Waals surface area contributed by atoms with E-state index in [1.54, 1.807) is 14.2 Å². The smallest absolute Gasteiger partial charge is 0.228 e. The Morgan fingerprint density at radius 3 is 2.24 bits per heavy atom. The number of aromatic nitrogens is 2. The van der Waals surface area contributed by atoms with Crippen LogP contribution in [0.1, 0.15) is 27.9 Å². The van der Waals surface area contributed by atoms with Gasteiger partial charge in [-0.15, -0.1) is 0 Å². The normalized spacial score (nSPS) is 13.1. The van der Waals surface area contributed by atoms with Gasteiger partial charge in [0.1, 0.15) is 17.2 Å². The van der Waals surface area contributed by atoms with Gasteiger partial charge in [0.15, 0.2) is 0 Å². The second-order valence-corrected chi connectivity index (χ2v) is 9.69. The summed E-state index contributed by atoms with van der Waals surface area (Å²) in [6, 6.07) is 24.4. The van der Waals surface area contributed by atoms with Crippen LogP contribution in [0.15, 0.2) is 72.8 Å². The first-order chi connectivity index (χ1) is 18.5. The molecule has 7 heteroatoms. The average Bonchev–Trinajstić information content (AvgIpc) is 2.94. The molecular weight excluding hydrogens is 476 g/mol. The molecule has 0 unspecified atom stereocenters. The van der Waals surface area contributed by atoms with Crippen molar-refractivity contribution in [2.24, 2.45) is 0 Å². The minimum absolute atomic E-state index is 0.613. The number of nitrogens with zero attached hydrogens (tertiary/aromatic N) is 4. The fraction of sp³-hybridized carbons (Fsp3) is 0.290. The second kappa shape index (κ2) is 11.5. The molecule has 196 valence electrons. The van der Waals surface area contributed by atoms with E-state index in [4.69, 9.17) is 24.2 Å². The molecule has 0 saturated heterocycles. The van der Waals surface area contributed by atoms with Crippen LogP contribution in [0.3, 0.4) is 0 Å². The summed E-state index contributed by atoms with van der Waals surface area (Å²) in [6.45, 7) is 5.12. The molecule has 1 aliphatic rings. The van der Waals surface area contributed by atoms with Crippen LogP contribution in [0.25, 0.3) is 0 Å². The van der Waals surface area contributed by atoms with Crippen molar-refractivity contribution in [3.8, 4) is 23.1 Å². The van der Waals surface area contributed by atoms with E-state index in [0.29, 0.717) is 24.9 Å². The molecule has 1 aliphatic heterocycles. The third-order valence-electron chi connectivity index (χ3n) is 6.75. The van der Waals surface area contributed by atoms with Crippen LogP contribution in [-0.2, 0) is 26.1 Å². The summed E-state index contributed by atoms with van der Waals surface area (Å²) in [5.41, 5.74) is 5.59.